The summed E-state index contributed by atoms with van der Waals surface area (Å²) in [5, 5.41) is 0. The first-order chi connectivity index (χ1) is 8.22. The molecule has 92 valence electrons. The molecule has 1 amide bonds. The Labute approximate surface area is 101 Å². The number of piperidine rings is 1. The second kappa shape index (κ2) is 5.19. The average Bonchev–Trinajstić information content (AvgIpc) is 2.38. The summed E-state index contributed by atoms with van der Waals surface area (Å²) in [6, 6.07) is 7.20. The van der Waals surface area contributed by atoms with Gasteiger partial charge in [0.25, 0.3) is 5.91 Å². The molecule has 2 N–H and O–H groups in total. The number of nitrogens with zero attached hydrogens (tertiary/aromatic N) is 1. The van der Waals surface area contributed by atoms with Crippen LogP contribution in [0.1, 0.15) is 23.2 Å². The maximum absolute atomic E-state index is 12.3. The van der Waals surface area contributed by atoms with Crippen LogP contribution >= 0.6 is 0 Å². The number of benzene rings is 1. The number of methoxy groups -OCH3 is 1. The maximum atomic E-state index is 12.3. The Morgan fingerprint density at radius 2 is 2.24 bits per heavy atom. The zero-order valence-corrected chi connectivity index (χ0v) is 10.1. The molecule has 0 saturated carbocycles. The first kappa shape index (κ1) is 11.9. The summed E-state index contributed by atoms with van der Waals surface area (Å²) < 4.78 is 5.31. The topological polar surface area (TPSA) is 55.6 Å². The molecule has 0 radical (unpaired) electrons. The second-order valence-electron chi connectivity index (χ2n) is 4.34. The van der Waals surface area contributed by atoms with E-state index in [-0.39, 0.29) is 12.0 Å². The van der Waals surface area contributed by atoms with Crippen LogP contribution in [0.25, 0.3) is 0 Å². The Hall–Kier alpha value is -1.55. The fourth-order valence-electron chi connectivity index (χ4n) is 2.18. The van der Waals surface area contributed by atoms with E-state index in [0.717, 1.165) is 19.4 Å². The SMILES string of the molecule is COC1CCCN(C(=O)c2ccccc2N)C1. The van der Waals surface area contributed by atoms with Gasteiger partial charge >= 0.3 is 0 Å². The van der Waals surface area contributed by atoms with E-state index in [9.17, 15) is 4.79 Å². The minimum Gasteiger partial charge on any atom is -0.398 e. The third-order valence-electron chi connectivity index (χ3n) is 3.19. The number of hydrogen-bond donors (Lipinski definition) is 1. The van der Waals surface area contributed by atoms with Crippen LogP contribution in [0.5, 0.6) is 0 Å². The van der Waals surface area contributed by atoms with Crippen molar-refractivity contribution in [2.24, 2.45) is 0 Å². The monoisotopic (exact) mass is 234 g/mol. The lowest BCUT2D eigenvalue weighted by atomic mass is 10.1. The van der Waals surface area contributed by atoms with Crippen LogP contribution in [0.2, 0.25) is 0 Å². The van der Waals surface area contributed by atoms with E-state index < -0.39 is 0 Å². The first-order valence-corrected chi connectivity index (χ1v) is 5.89. The van der Waals surface area contributed by atoms with Gasteiger partial charge in [-0.3, -0.25) is 4.79 Å². The molecule has 1 aromatic carbocycles. The lowest BCUT2D eigenvalue weighted by Crippen LogP contribution is -2.43. The lowest BCUT2D eigenvalue weighted by molar-refractivity contribution is 0.0269. The fourth-order valence-corrected chi connectivity index (χ4v) is 2.18. The molecule has 1 heterocycles. The number of carbonyl (C=O) groups is 1. The van der Waals surface area contributed by atoms with E-state index in [1.807, 2.05) is 17.0 Å². The highest BCUT2D eigenvalue weighted by Crippen LogP contribution is 2.18. The Bertz CT molecular complexity index is 406. The molecule has 1 aliphatic rings. The van der Waals surface area contributed by atoms with E-state index in [0.29, 0.717) is 17.8 Å². The molecule has 0 spiro atoms. The maximum Gasteiger partial charge on any atom is 0.256 e. The first-order valence-electron chi connectivity index (χ1n) is 5.89. The van der Waals surface area contributed by atoms with Gasteiger partial charge in [0.1, 0.15) is 0 Å². The number of amides is 1. The molecule has 1 saturated heterocycles. The molecule has 1 atom stereocenters. The molecule has 0 aliphatic carbocycles. The van der Waals surface area contributed by atoms with Crippen LogP contribution in [0.15, 0.2) is 24.3 Å². The van der Waals surface area contributed by atoms with Crippen molar-refractivity contribution in [3.8, 4) is 0 Å². The smallest absolute Gasteiger partial charge is 0.256 e. The molecule has 2 rings (SSSR count). The zero-order valence-electron chi connectivity index (χ0n) is 10.1. The molecular formula is C13H18N2O2. The van der Waals surface area contributed by atoms with Crippen molar-refractivity contribution in [2.45, 2.75) is 18.9 Å². The predicted octanol–water partition coefficient (Wildman–Crippen LogP) is 1.52. The van der Waals surface area contributed by atoms with Crippen molar-refractivity contribution in [3.05, 3.63) is 29.8 Å². The number of carbonyl (C=O) groups excluding carboxylic acids is 1. The van der Waals surface area contributed by atoms with E-state index in [1.165, 1.54) is 0 Å². The minimum absolute atomic E-state index is 0.00449. The largest absolute Gasteiger partial charge is 0.398 e. The molecule has 1 aliphatic heterocycles. The number of rotatable bonds is 2. The highest BCUT2D eigenvalue weighted by molar-refractivity contribution is 5.99. The van der Waals surface area contributed by atoms with Gasteiger partial charge in [0.2, 0.25) is 0 Å². The van der Waals surface area contributed by atoms with Gasteiger partial charge in [0, 0.05) is 25.9 Å². The summed E-state index contributed by atoms with van der Waals surface area (Å²) in [6.45, 7) is 1.44. The molecule has 17 heavy (non-hydrogen) atoms. The minimum atomic E-state index is 0.00449. The number of nitrogen functional groups attached to an aromatic ring is 1. The van der Waals surface area contributed by atoms with E-state index in [1.54, 1.807) is 19.2 Å². The van der Waals surface area contributed by atoms with Crippen LogP contribution in [0, 0.1) is 0 Å². The number of likely N-dealkylation sites (tertiary alicyclic amines) is 1. The molecule has 1 aromatic rings. The van der Waals surface area contributed by atoms with Crippen LogP contribution in [0.4, 0.5) is 5.69 Å². The Kier molecular flexibility index (Phi) is 3.64. The van der Waals surface area contributed by atoms with E-state index in [4.69, 9.17) is 10.5 Å². The summed E-state index contributed by atoms with van der Waals surface area (Å²) in [6.07, 6.45) is 2.15. The van der Waals surface area contributed by atoms with Gasteiger partial charge in [0.15, 0.2) is 0 Å². The van der Waals surface area contributed by atoms with Crippen LogP contribution in [0.3, 0.4) is 0 Å². The zero-order chi connectivity index (χ0) is 12.3. The van der Waals surface area contributed by atoms with Gasteiger partial charge in [-0.2, -0.15) is 0 Å². The van der Waals surface area contributed by atoms with Gasteiger partial charge in [0.05, 0.1) is 11.7 Å². The molecule has 4 nitrogen and oxygen atoms in total. The Morgan fingerprint density at radius 1 is 1.47 bits per heavy atom. The number of nitrogens with two attached hydrogens (primary N) is 1. The number of hydrogen-bond acceptors (Lipinski definition) is 3. The van der Waals surface area contributed by atoms with Crippen LogP contribution in [-0.2, 0) is 4.74 Å². The van der Waals surface area contributed by atoms with Gasteiger partial charge in [-0.15, -0.1) is 0 Å². The Balaban J connectivity index is 2.12. The summed E-state index contributed by atoms with van der Waals surface area (Å²) >= 11 is 0. The predicted molar refractivity (Wildman–Crippen MR) is 66.8 cm³/mol. The summed E-state index contributed by atoms with van der Waals surface area (Å²) in [5.74, 6) is 0.00449. The van der Waals surface area contributed by atoms with Crippen molar-refractivity contribution >= 4 is 11.6 Å². The van der Waals surface area contributed by atoms with Crippen LogP contribution < -0.4 is 5.73 Å². The van der Waals surface area contributed by atoms with Gasteiger partial charge in [-0.05, 0) is 25.0 Å². The summed E-state index contributed by atoms with van der Waals surface area (Å²) in [7, 11) is 1.69. The lowest BCUT2D eigenvalue weighted by Gasteiger charge is -2.32. The number of anilines is 1. The van der Waals surface area contributed by atoms with Crippen molar-refractivity contribution in [2.75, 3.05) is 25.9 Å². The standard InChI is InChI=1S/C13H18N2O2/c1-17-10-5-4-8-15(9-10)13(16)11-6-2-3-7-12(11)14/h2-3,6-7,10H,4-5,8-9,14H2,1H3. The molecule has 0 bridgehead atoms. The second-order valence-corrected chi connectivity index (χ2v) is 4.34. The quantitative estimate of drug-likeness (QED) is 0.789. The van der Waals surface area contributed by atoms with Crippen molar-refractivity contribution in [1.29, 1.82) is 0 Å². The normalized spacial score (nSPS) is 20.3. The molecule has 4 heteroatoms. The molecular weight excluding hydrogens is 216 g/mol. The van der Waals surface area contributed by atoms with E-state index >= 15 is 0 Å². The van der Waals surface area contributed by atoms with Crippen molar-refractivity contribution in [1.82, 2.24) is 4.90 Å². The van der Waals surface area contributed by atoms with Gasteiger partial charge in [-0.25, -0.2) is 0 Å². The number of para-hydroxylation sites is 1. The summed E-state index contributed by atoms with van der Waals surface area (Å²) in [5.41, 5.74) is 6.94. The summed E-state index contributed by atoms with van der Waals surface area (Å²) in [4.78, 5) is 14.1. The molecule has 1 unspecified atom stereocenters. The van der Waals surface area contributed by atoms with Crippen molar-refractivity contribution < 1.29 is 9.53 Å². The fraction of sp³-hybridized carbons (Fsp3) is 0.462. The van der Waals surface area contributed by atoms with Gasteiger partial charge in [-0.1, -0.05) is 12.1 Å². The highest BCUT2D eigenvalue weighted by Gasteiger charge is 2.24. The average molecular weight is 234 g/mol. The molecule has 1 fully saturated rings. The third-order valence-corrected chi connectivity index (χ3v) is 3.19. The molecule has 0 aromatic heterocycles. The van der Waals surface area contributed by atoms with Crippen molar-refractivity contribution in [3.63, 3.8) is 0 Å². The van der Waals surface area contributed by atoms with E-state index in [2.05, 4.69) is 0 Å². The van der Waals surface area contributed by atoms with Crippen LogP contribution in [-0.4, -0.2) is 37.1 Å². The Morgan fingerprint density at radius 3 is 2.94 bits per heavy atom. The highest BCUT2D eigenvalue weighted by atomic mass is 16.5. The number of ether oxygens (including phenoxy) is 1. The third kappa shape index (κ3) is 2.58. The van der Waals surface area contributed by atoms with Gasteiger partial charge < -0.3 is 15.4 Å².